The summed E-state index contributed by atoms with van der Waals surface area (Å²) in [6.07, 6.45) is 2.04. The summed E-state index contributed by atoms with van der Waals surface area (Å²) in [5.41, 5.74) is 2.95. The molecular weight excluding hydrogens is 328 g/mol. The maximum atomic E-state index is 8.96. The van der Waals surface area contributed by atoms with Crippen molar-refractivity contribution in [2.24, 2.45) is 0 Å². The maximum absolute atomic E-state index is 8.96. The van der Waals surface area contributed by atoms with E-state index in [4.69, 9.17) is 10.00 Å². The number of rotatable bonds is 3. The van der Waals surface area contributed by atoms with Gasteiger partial charge in [-0.25, -0.2) is 0 Å². The predicted octanol–water partition coefficient (Wildman–Crippen LogP) is 4.33. The van der Waals surface area contributed by atoms with Crippen molar-refractivity contribution in [3.8, 4) is 11.8 Å². The molecule has 4 heteroatoms. The quantitative estimate of drug-likeness (QED) is 0.711. The van der Waals surface area contributed by atoms with Gasteiger partial charge in [-0.1, -0.05) is 15.9 Å². The first-order chi connectivity index (χ1) is 10.2. The van der Waals surface area contributed by atoms with E-state index in [0.717, 1.165) is 33.2 Å². The lowest BCUT2D eigenvalue weighted by atomic mass is 10.1. The maximum Gasteiger partial charge on any atom is 0.119 e. The summed E-state index contributed by atoms with van der Waals surface area (Å²) in [7, 11) is 1.67. The van der Waals surface area contributed by atoms with Crippen molar-refractivity contribution in [3.05, 3.63) is 64.3 Å². The van der Waals surface area contributed by atoms with E-state index in [1.807, 2.05) is 48.7 Å². The Morgan fingerprint density at radius 3 is 2.81 bits per heavy atom. The minimum atomic E-state index is 0.683. The van der Waals surface area contributed by atoms with E-state index in [0.29, 0.717) is 5.56 Å². The number of nitrogens with zero attached hydrogens (tertiary/aromatic N) is 2. The van der Waals surface area contributed by atoms with Crippen LogP contribution < -0.4 is 4.74 Å². The van der Waals surface area contributed by atoms with E-state index in [1.165, 1.54) is 0 Å². The molecule has 0 amide bonds. The molecule has 0 bridgehead atoms. The van der Waals surface area contributed by atoms with Gasteiger partial charge >= 0.3 is 0 Å². The third-order valence-electron chi connectivity index (χ3n) is 3.49. The number of hydrogen-bond acceptors (Lipinski definition) is 2. The van der Waals surface area contributed by atoms with Crippen LogP contribution in [0.3, 0.4) is 0 Å². The molecule has 3 nitrogen and oxygen atoms in total. The van der Waals surface area contributed by atoms with Crippen molar-refractivity contribution in [3.63, 3.8) is 0 Å². The molecule has 3 aromatic rings. The molecule has 0 aliphatic carbocycles. The van der Waals surface area contributed by atoms with E-state index in [2.05, 4.69) is 26.6 Å². The molecular formula is C17H13BrN2O. The van der Waals surface area contributed by atoms with Gasteiger partial charge < -0.3 is 9.30 Å². The van der Waals surface area contributed by atoms with Crippen molar-refractivity contribution >= 4 is 26.8 Å². The second-order valence-corrected chi connectivity index (χ2v) is 5.64. The van der Waals surface area contributed by atoms with E-state index >= 15 is 0 Å². The summed E-state index contributed by atoms with van der Waals surface area (Å²) >= 11 is 3.58. The first kappa shape index (κ1) is 13.7. The van der Waals surface area contributed by atoms with Crippen molar-refractivity contribution in [1.82, 2.24) is 4.57 Å². The zero-order valence-electron chi connectivity index (χ0n) is 11.5. The summed E-state index contributed by atoms with van der Waals surface area (Å²) in [6.45, 7) is 0.743. The normalized spacial score (nSPS) is 10.5. The van der Waals surface area contributed by atoms with Crippen LogP contribution in [0.5, 0.6) is 5.75 Å². The standard InChI is InChI=1S/C17H13BrN2O/c1-21-15-3-4-16(18)14(9-15)11-20-7-6-13-8-12(10-19)2-5-17(13)20/h2-9H,11H2,1H3. The van der Waals surface area contributed by atoms with Gasteiger partial charge in [-0.2, -0.15) is 5.26 Å². The molecule has 2 aromatic carbocycles. The summed E-state index contributed by atoms with van der Waals surface area (Å²) in [4.78, 5) is 0. The first-order valence-corrected chi connectivity index (χ1v) is 7.32. The molecule has 0 saturated heterocycles. The van der Waals surface area contributed by atoms with E-state index < -0.39 is 0 Å². The molecule has 3 rings (SSSR count). The second kappa shape index (κ2) is 5.63. The lowest BCUT2D eigenvalue weighted by Gasteiger charge is -2.10. The van der Waals surface area contributed by atoms with Crippen molar-refractivity contribution < 1.29 is 4.74 Å². The molecule has 0 atom stereocenters. The van der Waals surface area contributed by atoms with Crippen LogP contribution in [0.4, 0.5) is 0 Å². The van der Waals surface area contributed by atoms with Crippen LogP contribution >= 0.6 is 15.9 Å². The van der Waals surface area contributed by atoms with Gasteiger partial charge in [0, 0.05) is 28.1 Å². The highest BCUT2D eigenvalue weighted by Gasteiger charge is 2.06. The fourth-order valence-corrected chi connectivity index (χ4v) is 2.76. The third-order valence-corrected chi connectivity index (χ3v) is 4.27. The van der Waals surface area contributed by atoms with Crippen LogP contribution in [0, 0.1) is 11.3 Å². The van der Waals surface area contributed by atoms with E-state index in [9.17, 15) is 0 Å². The number of ether oxygens (including phenoxy) is 1. The van der Waals surface area contributed by atoms with Gasteiger partial charge in [0.2, 0.25) is 0 Å². The number of benzene rings is 2. The van der Waals surface area contributed by atoms with Crippen LogP contribution in [-0.2, 0) is 6.54 Å². The topological polar surface area (TPSA) is 38.0 Å². The molecule has 104 valence electrons. The Morgan fingerprint density at radius 1 is 1.19 bits per heavy atom. The Kier molecular flexibility index (Phi) is 3.68. The Morgan fingerprint density at radius 2 is 2.05 bits per heavy atom. The van der Waals surface area contributed by atoms with Gasteiger partial charge in [-0.05, 0) is 48.0 Å². The largest absolute Gasteiger partial charge is 0.497 e. The average molecular weight is 341 g/mol. The lowest BCUT2D eigenvalue weighted by molar-refractivity contribution is 0.414. The van der Waals surface area contributed by atoms with Crippen molar-refractivity contribution in [2.45, 2.75) is 6.54 Å². The number of nitriles is 1. The summed E-state index contributed by atoms with van der Waals surface area (Å²) in [5, 5.41) is 10.0. The van der Waals surface area contributed by atoms with Crippen LogP contribution in [0.15, 0.2) is 53.1 Å². The zero-order valence-corrected chi connectivity index (χ0v) is 13.1. The van der Waals surface area contributed by atoms with Crippen LogP contribution in [-0.4, -0.2) is 11.7 Å². The van der Waals surface area contributed by atoms with Gasteiger partial charge in [0.15, 0.2) is 0 Å². The highest BCUT2D eigenvalue weighted by atomic mass is 79.9. The molecule has 0 N–H and O–H groups in total. The molecule has 0 spiro atoms. The van der Waals surface area contributed by atoms with Gasteiger partial charge in [-0.3, -0.25) is 0 Å². The van der Waals surface area contributed by atoms with Gasteiger partial charge in [-0.15, -0.1) is 0 Å². The van der Waals surface area contributed by atoms with Gasteiger partial charge in [0.25, 0.3) is 0 Å². The number of hydrogen-bond donors (Lipinski definition) is 0. The number of halogens is 1. The average Bonchev–Trinajstić information content (AvgIpc) is 2.91. The summed E-state index contributed by atoms with van der Waals surface area (Å²) in [6, 6.07) is 15.9. The van der Waals surface area contributed by atoms with Gasteiger partial charge in [0.05, 0.1) is 18.7 Å². The first-order valence-electron chi connectivity index (χ1n) is 6.52. The third kappa shape index (κ3) is 2.65. The number of fused-ring (bicyclic) bond motifs is 1. The minimum Gasteiger partial charge on any atom is -0.497 e. The van der Waals surface area contributed by atoms with Crippen molar-refractivity contribution in [1.29, 1.82) is 5.26 Å². The second-order valence-electron chi connectivity index (χ2n) is 4.79. The van der Waals surface area contributed by atoms with Crippen molar-refractivity contribution in [2.75, 3.05) is 7.11 Å². The molecule has 0 fully saturated rings. The fraction of sp³-hybridized carbons (Fsp3) is 0.118. The Labute approximate surface area is 131 Å². The predicted molar refractivity (Wildman–Crippen MR) is 86.4 cm³/mol. The highest BCUT2D eigenvalue weighted by molar-refractivity contribution is 9.10. The molecule has 0 radical (unpaired) electrons. The summed E-state index contributed by atoms with van der Waals surface area (Å²) in [5.74, 6) is 0.844. The Hall–Kier alpha value is -2.25. The molecule has 1 heterocycles. The van der Waals surface area contributed by atoms with Crippen LogP contribution in [0.1, 0.15) is 11.1 Å². The molecule has 0 unspecified atom stereocenters. The lowest BCUT2D eigenvalue weighted by Crippen LogP contribution is -1.99. The Bertz CT molecular complexity index is 846. The molecule has 0 aliphatic rings. The molecule has 0 saturated carbocycles. The highest BCUT2D eigenvalue weighted by Crippen LogP contribution is 2.25. The van der Waals surface area contributed by atoms with Crippen LogP contribution in [0.25, 0.3) is 10.9 Å². The Balaban J connectivity index is 2.01. The van der Waals surface area contributed by atoms with E-state index in [1.54, 1.807) is 7.11 Å². The number of methoxy groups -OCH3 is 1. The van der Waals surface area contributed by atoms with E-state index in [-0.39, 0.29) is 0 Å². The molecule has 1 aromatic heterocycles. The fourth-order valence-electron chi connectivity index (χ4n) is 2.39. The van der Waals surface area contributed by atoms with Crippen LogP contribution in [0.2, 0.25) is 0 Å². The SMILES string of the molecule is COc1ccc(Br)c(Cn2ccc3cc(C#N)ccc32)c1. The number of aromatic nitrogens is 1. The molecule has 0 aliphatic heterocycles. The zero-order chi connectivity index (χ0) is 14.8. The smallest absolute Gasteiger partial charge is 0.119 e. The summed E-state index contributed by atoms with van der Waals surface area (Å²) < 4.78 is 8.50. The minimum absolute atomic E-state index is 0.683. The van der Waals surface area contributed by atoms with Gasteiger partial charge in [0.1, 0.15) is 5.75 Å². The monoisotopic (exact) mass is 340 g/mol. The molecule has 21 heavy (non-hydrogen) atoms.